The number of phenols is 2. The first kappa shape index (κ1) is 28.8. The molecule has 196 valence electrons. The van der Waals surface area contributed by atoms with E-state index in [-0.39, 0.29) is 29.7 Å². The summed E-state index contributed by atoms with van der Waals surface area (Å²) in [5.74, 6) is 1.01. The van der Waals surface area contributed by atoms with Crippen LogP contribution in [-0.2, 0) is 0 Å². The molecule has 3 N–H and O–H groups in total. The summed E-state index contributed by atoms with van der Waals surface area (Å²) in [5, 5.41) is 20.4. The Morgan fingerprint density at radius 2 is 1.54 bits per heavy atom. The Bertz CT molecular complexity index is 1300. The molecule has 6 nitrogen and oxygen atoms in total. The lowest BCUT2D eigenvalue weighted by Crippen LogP contribution is -2.33. The maximum atomic E-state index is 13.6. The number of piperidine rings is 1. The number of nitrogens with zero attached hydrogens (tertiary/aromatic N) is 1. The molecule has 2 heterocycles. The number of thiophene rings is 1. The second-order valence-electron chi connectivity index (χ2n) is 8.64. The van der Waals surface area contributed by atoms with Gasteiger partial charge in [-0.3, -0.25) is 14.4 Å². The Morgan fingerprint density at radius 1 is 0.892 bits per heavy atom. The van der Waals surface area contributed by atoms with Gasteiger partial charge >= 0.3 is 0 Å². The number of ether oxygens (including phenoxy) is 1. The molecular formula is C28H29Cl2NO5S. The van der Waals surface area contributed by atoms with Crippen molar-refractivity contribution in [3.63, 3.8) is 0 Å². The fourth-order valence-corrected chi connectivity index (χ4v) is 5.69. The first-order valence-electron chi connectivity index (χ1n) is 11.8. The molecule has 1 aliphatic rings. The van der Waals surface area contributed by atoms with Crippen LogP contribution in [0.3, 0.4) is 0 Å². The van der Waals surface area contributed by atoms with Gasteiger partial charge in [0.1, 0.15) is 23.9 Å². The molecule has 0 bridgehead atoms. The van der Waals surface area contributed by atoms with Crippen molar-refractivity contribution in [1.29, 1.82) is 0 Å². The van der Waals surface area contributed by atoms with Gasteiger partial charge in [0.2, 0.25) is 0 Å². The summed E-state index contributed by atoms with van der Waals surface area (Å²) in [4.78, 5) is 16.9. The summed E-state index contributed by atoms with van der Waals surface area (Å²) in [6.45, 7) is 3.85. The number of hydrogen-bond acceptors (Lipinski definition) is 7. The lowest BCUT2D eigenvalue weighted by atomic mass is 9.97. The van der Waals surface area contributed by atoms with E-state index in [9.17, 15) is 15.0 Å². The van der Waals surface area contributed by atoms with Gasteiger partial charge in [0.05, 0.1) is 11.9 Å². The number of carbonyl (C=O) groups excluding carboxylic acids is 1. The zero-order valence-corrected chi connectivity index (χ0v) is 22.5. The normalized spacial score (nSPS) is 13.4. The number of halogens is 2. The van der Waals surface area contributed by atoms with Gasteiger partial charge in [0, 0.05) is 32.6 Å². The fraction of sp³-hybridized carbons (Fsp3) is 0.250. The summed E-state index contributed by atoms with van der Waals surface area (Å²) in [6.07, 6.45) is 3.85. The SMILES string of the molecule is Cl.O=C(c1ccc(OCCN2CCCCC2)cc1)c1c(-c2ccc(O)cc2)sc2cc(O)ccc12.OCl. The molecule has 0 saturated carbocycles. The maximum Gasteiger partial charge on any atom is 0.195 e. The zero-order chi connectivity index (χ0) is 25.5. The van der Waals surface area contributed by atoms with Crippen LogP contribution in [0, 0.1) is 0 Å². The number of hydrogen-bond donors (Lipinski definition) is 3. The topological polar surface area (TPSA) is 90.2 Å². The van der Waals surface area contributed by atoms with Gasteiger partial charge in [-0.2, -0.15) is 0 Å². The average molecular weight is 563 g/mol. The van der Waals surface area contributed by atoms with Crippen LogP contribution in [0.5, 0.6) is 17.2 Å². The number of carbonyl (C=O) groups is 1. The number of ketones is 1. The van der Waals surface area contributed by atoms with Crippen LogP contribution in [0.15, 0.2) is 66.7 Å². The second kappa shape index (κ2) is 13.7. The van der Waals surface area contributed by atoms with Crippen molar-refractivity contribution < 1.29 is 24.4 Å². The van der Waals surface area contributed by atoms with Crippen molar-refractivity contribution in [3.05, 3.63) is 77.9 Å². The Balaban J connectivity index is 0.00000124. The lowest BCUT2D eigenvalue weighted by molar-refractivity contribution is 0.104. The highest BCUT2D eigenvalue weighted by Gasteiger charge is 2.22. The molecule has 0 unspecified atom stereocenters. The van der Waals surface area contributed by atoms with Gasteiger partial charge in [-0.15, -0.1) is 23.7 Å². The number of benzene rings is 3. The van der Waals surface area contributed by atoms with Crippen LogP contribution in [0.1, 0.15) is 35.2 Å². The van der Waals surface area contributed by atoms with Crippen LogP contribution in [-0.4, -0.2) is 51.8 Å². The van der Waals surface area contributed by atoms with Crippen molar-refractivity contribution >= 4 is 51.5 Å². The summed E-state index contributed by atoms with van der Waals surface area (Å²) in [6, 6.07) is 19.2. The molecule has 0 atom stereocenters. The van der Waals surface area contributed by atoms with E-state index in [2.05, 4.69) is 16.8 Å². The minimum Gasteiger partial charge on any atom is -0.508 e. The van der Waals surface area contributed by atoms with E-state index in [0.29, 0.717) is 17.7 Å². The molecule has 0 spiro atoms. The highest BCUT2D eigenvalue weighted by atomic mass is 35.5. The number of phenolic OH excluding ortho intramolecular Hbond substituents is 2. The third-order valence-corrected chi connectivity index (χ3v) is 7.47. The minimum atomic E-state index is -0.0834. The van der Waals surface area contributed by atoms with E-state index in [1.165, 1.54) is 30.6 Å². The van der Waals surface area contributed by atoms with E-state index >= 15 is 0 Å². The summed E-state index contributed by atoms with van der Waals surface area (Å²) in [5.41, 5.74) is 2.03. The Hall–Kier alpha value is -2.81. The smallest absolute Gasteiger partial charge is 0.195 e. The highest BCUT2D eigenvalue weighted by Crippen LogP contribution is 2.41. The highest BCUT2D eigenvalue weighted by molar-refractivity contribution is 7.22. The van der Waals surface area contributed by atoms with Crippen molar-refractivity contribution in [2.75, 3.05) is 26.2 Å². The Kier molecular flexibility index (Phi) is 10.6. The van der Waals surface area contributed by atoms with Gasteiger partial charge in [-0.1, -0.05) is 6.42 Å². The van der Waals surface area contributed by atoms with Crippen LogP contribution >= 0.6 is 35.6 Å². The summed E-state index contributed by atoms with van der Waals surface area (Å²) in [7, 11) is 0. The third kappa shape index (κ3) is 6.94. The number of aromatic hydroxyl groups is 2. The average Bonchev–Trinajstić information content (AvgIpc) is 3.29. The molecule has 1 fully saturated rings. The number of fused-ring (bicyclic) bond motifs is 1. The quantitative estimate of drug-likeness (QED) is 0.219. The van der Waals surface area contributed by atoms with Crippen LogP contribution in [0.2, 0.25) is 0 Å². The molecule has 5 rings (SSSR count). The van der Waals surface area contributed by atoms with Crippen LogP contribution in [0.25, 0.3) is 20.5 Å². The monoisotopic (exact) mass is 561 g/mol. The molecule has 0 amide bonds. The number of likely N-dealkylation sites (tertiary alicyclic amines) is 1. The van der Waals surface area contributed by atoms with E-state index in [1.807, 2.05) is 24.3 Å². The van der Waals surface area contributed by atoms with Crippen molar-refractivity contribution in [2.45, 2.75) is 19.3 Å². The molecule has 9 heteroatoms. The van der Waals surface area contributed by atoms with E-state index in [4.69, 9.17) is 9.40 Å². The predicted molar refractivity (Wildman–Crippen MR) is 152 cm³/mol. The zero-order valence-electron chi connectivity index (χ0n) is 20.1. The summed E-state index contributed by atoms with van der Waals surface area (Å²) < 4.78 is 13.2. The molecular weight excluding hydrogens is 533 g/mol. The lowest BCUT2D eigenvalue weighted by Gasteiger charge is -2.26. The van der Waals surface area contributed by atoms with E-state index in [0.717, 1.165) is 45.9 Å². The first-order chi connectivity index (χ1) is 17.6. The predicted octanol–water partition coefficient (Wildman–Crippen LogP) is 6.63. The largest absolute Gasteiger partial charge is 0.508 e. The molecule has 0 aliphatic carbocycles. The molecule has 3 aromatic carbocycles. The van der Waals surface area contributed by atoms with Crippen molar-refractivity contribution in [3.8, 4) is 27.7 Å². The van der Waals surface area contributed by atoms with Crippen molar-refractivity contribution in [1.82, 2.24) is 4.90 Å². The molecule has 1 saturated heterocycles. The third-order valence-electron chi connectivity index (χ3n) is 6.27. The van der Waals surface area contributed by atoms with Crippen LogP contribution in [0.4, 0.5) is 0 Å². The maximum absolute atomic E-state index is 13.6. The number of rotatable bonds is 7. The first-order valence-corrected chi connectivity index (χ1v) is 13.0. The molecule has 37 heavy (non-hydrogen) atoms. The molecule has 0 radical (unpaired) electrons. The standard InChI is InChI=1S/C28H27NO4S.ClHO.ClH/c30-21-8-4-20(5-9-21)28-26(24-13-10-22(31)18-25(24)34-28)27(32)19-6-11-23(12-7-19)33-17-16-29-14-2-1-3-15-29;1-2;/h4-13,18,30-31H,1-3,14-17H2;2H;1H. The molecule has 1 aromatic heterocycles. The van der Waals surface area contributed by atoms with Crippen molar-refractivity contribution in [2.24, 2.45) is 0 Å². The Morgan fingerprint density at radius 3 is 2.22 bits per heavy atom. The van der Waals surface area contributed by atoms with Gasteiger partial charge in [-0.25, -0.2) is 0 Å². The minimum absolute atomic E-state index is 0. The van der Waals surface area contributed by atoms with Gasteiger partial charge < -0.3 is 14.9 Å². The summed E-state index contributed by atoms with van der Waals surface area (Å²) >= 11 is 5.09. The van der Waals surface area contributed by atoms with E-state index in [1.54, 1.807) is 42.5 Å². The van der Waals surface area contributed by atoms with Gasteiger partial charge in [-0.05, 0) is 98.2 Å². The molecule has 4 aromatic rings. The van der Waals surface area contributed by atoms with E-state index < -0.39 is 0 Å². The fourth-order valence-electron chi connectivity index (χ4n) is 4.45. The Labute approximate surface area is 231 Å². The van der Waals surface area contributed by atoms with Crippen LogP contribution < -0.4 is 4.74 Å². The molecule has 1 aliphatic heterocycles. The van der Waals surface area contributed by atoms with Gasteiger partial charge in [0.15, 0.2) is 5.78 Å². The second-order valence-corrected chi connectivity index (χ2v) is 9.69. The van der Waals surface area contributed by atoms with Gasteiger partial charge in [0.25, 0.3) is 0 Å².